The Hall–Kier alpha value is -5.05. The van der Waals surface area contributed by atoms with Crippen molar-refractivity contribution in [1.29, 1.82) is 0 Å². The second kappa shape index (κ2) is 10.6. The molecule has 0 N–H and O–H groups in total. The minimum absolute atomic E-state index is 0.0122. The van der Waals surface area contributed by atoms with Crippen molar-refractivity contribution in [2.45, 2.75) is 33.6 Å². The van der Waals surface area contributed by atoms with Crippen molar-refractivity contribution in [1.82, 2.24) is 9.66 Å². The highest BCUT2D eigenvalue weighted by atomic mass is 16.6. The lowest BCUT2D eigenvalue weighted by Gasteiger charge is -2.17. The van der Waals surface area contributed by atoms with Gasteiger partial charge in [0.2, 0.25) is 0 Å². The van der Waals surface area contributed by atoms with Gasteiger partial charge in [-0.1, -0.05) is 38.1 Å². The number of hydrogen-bond donors (Lipinski definition) is 0. The number of nitro groups is 1. The molecule has 40 heavy (non-hydrogen) atoms. The van der Waals surface area contributed by atoms with Gasteiger partial charge in [-0.05, 0) is 67.3 Å². The topological polar surface area (TPSA) is 113 Å². The fourth-order valence-electron chi connectivity index (χ4n) is 4.62. The first-order valence-corrected chi connectivity index (χ1v) is 12.8. The van der Waals surface area contributed by atoms with Gasteiger partial charge in [0, 0.05) is 22.8 Å². The maximum Gasteiger partial charge on any atom is 0.282 e. The molecule has 0 amide bonds. The van der Waals surface area contributed by atoms with E-state index in [4.69, 9.17) is 14.1 Å². The molecule has 0 aliphatic carbocycles. The minimum Gasteiger partial charge on any atom is -0.496 e. The maximum atomic E-state index is 13.6. The highest BCUT2D eigenvalue weighted by Gasteiger charge is 2.19. The van der Waals surface area contributed by atoms with E-state index in [0.717, 1.165) is 22.4 Å². The van der Waals surface area contributed by atoms with E-state index in [-0.39, 0.29) is 17.2 Å². The summed E-state index contributed by atoms with van der Waals surface area (Å²) in [6.45, 7) is 7.78. The quantitative estimate of drug-likeness (QED) is 0.128. The van der Waals surface area contributed by atoms with Gasteiger partial charge < -0.3 is 9.15 Å². The smallest absolute Gasteiger partial charge is 0.282 e. The number of para-hydroxylation sites is 1. The fourth-order valence-corrected chi connectivity index (χ4v) is 4.62. The third kappa shape index (κ3) is 4.89. The summed E-state index contributed by atoms with van der Waals surface area (Å²) in [4.78, 5) is 29.4. The third-order valence-electron chi connectivity index (χ3n) is 6.81. The Kier molecular flexibility index (Phi) is 7.04. The van der Waals surface area contributed by atoms with Gasteiger partial charge in [0.25, 0.3) is 11.2 Å². The summed E-state index contributed by atoms with van der Waals surface area (Å²) in [5, 5.41) is 16.3. The SMILES string of the molecule is COc1cc(C)c(-c2nc3ccccc3c(=O)n2N=Cc2ccc(-c3ccc(C)c([N+](=O)[O-])c3)o2)cc1C(C)C. The number of nitro benzene ring substituents is 1. The molecule has 0 radical (unpaired) electrons. The molecule has 2 aromatic heterocycles. The van der Waals surface area contributed by atoms with Gasteiger partial charge in [-0.15, -0.1) is 0 Å². The number of hydrogen-bond acceptors (Lipinski definition) is 7. The highest BCUT2D eigenvalue weighted by Crippen LogP contribution is 2.34. The molecule has 0 saturated carbocycles. The second-order valence-corrected chi connectivity index (χ2v) is 9.84. The Morgan fingerprint density at radius 1 is 1.05 bits per heavy atom. The summed E-state index contributed by atoms with van der Waals surface area (Å²) < 4.78 is 12.8. The van der Waals surface area contributed by atoms with Crippen LogP contribution in [0.15, 0.2) is 81.0 Å². The van der Waals surface area contributed by atoms with E-state index in [0.29, 0.717) is 39.4 Å². The average molecular weight is 537 g/mol. The lowest BCUT2D eigenvalue weighted by molar-refractivity contribution is -0.385. The number of rotatable bonds is 7. The molecule has 0 unspecified atom stereocenters. The second-order valence-electron chi connectivity index (χ2n) is 9.84. The zero-order valence-corrected chi connectivity index (χ0v) is 22.8. The van der Waals surface area contributed by atoms with Gasteiger partial charge in [0.15, 0.2) is 5.82 Å². The average Bonchev–Trinajstić information content (AvgIpc) is 3.41. The molecule has 202 valence electrons. The Labute approximate surface area is 230 Å². The third-order valence-corrected chi connectivity index (χ3v) is 6.81. The molecule has 2 heterocycles. The maximum absolute atomic E-state index is 13.6. The zero-order chi connectivity index (χ0) is 28.6. The van der Waals surface area contributed by atoms with Crippen molar-refractivity contribution >= 4 is 22.8 Å². The zero-order valence-electron chi connectivity index (χ0n) is 22.8. The molecule has 0 aliphatic heterocycles. The molecular weight excluding hydrogens is 508 g/mol. The van der Waals surface area contributed by atoms with Gasteiger partial charge >= 0.3 is 0 Å². The molecule has 9 heteroatoms. The molecule has 5 rings (SSSR count). The van der Waals surface area contributed by atoms with Crippen LogP contribution in [0, 0.1) is 24.0 Å². The van der Waals surface area contributed by atoms with Crippen LogP contribution in [-0.4, -0.2) is 27.9 Å². The van der Waals surface area contributed by atoms with Crippen LogP contribution >= 0.6 is 0 Å². The van der Waals surface area contributed by atoms with Crippen molar-refractivity contribution in [2.24, 2.45) is 5.10 Å². The lowest BCUT2D eigenvalue weighted by Crippen LogP contribution is -2.20. The summed E-state index contributed by atoms with van der Waals surface area (Å²) in [7, 11) is 1.64. The highest BCUT2D eigenvalue weighted by molar-refractivity contribution is 5.82. The van der Waals surface area contributed by atoms with E-state index in [1.807, 2.05) is 25.1 Å². The van der Waals surface area contributed by atoms with Crippen molar-refractivity contribution < 1.29 is 14.1 Å². The van der Waals surface area contributed by atoms with Crippen LogP contribution in [0.5, 0.6) is 5.75 Å². The van der Waals surface area contributed by atoms with E-state index in [1.54, 1.807) is 56.5 Å². The molecular formula is C31H28N4O5. The van der Waals surface area contributed by atoms with Crippen LogP contribution in [0.2, 0.25) is 0 Å². The van der Waals surface area contributed by atoms with Crippen LogP contribution in [-0.2, 0) is 0 Å². The van der Waals surface area contributed by atoms with E-state index in [9.17, 15) is 14.9 Å². The van der Waals surface area contributed by atoms with Gasteiger partial charge in [0.1, 0.15) is 17.3 Å². The van der Waals surface area contributed by atoms with Gasteiger partial charge in [-0.25, -0.2) is 4.98 Å². The lowest BCUT2D eigenvalue weighted by atomic mass is 9.96. The number of ether oxygens (including phenoxy) is 1. The number of aryl methyl sites for hydroxylation is 2. The first-order valence-electron chi connectivity index (χ1n) is 12.8. The van der Waals surface area contributed by atoms with Crippen molar-refractivity contribution in [2.75, 3.05) is 7.11 Å². The molecule has 3 aromatic carbocycles. The summed E-state index contributed by atoms with van der Waals surface area (Å²) in [5.41, 5.74) is 4.02. The number of fused-ring (bicyclic) bond motifs is 1. The minimum atomic E-state index is -0.420. The molecule has 0 fully saturated rings. The number of nitrogens with zero attached hydrogens (tertiary/aromatic N) is 4. The van der Waals surface area contributed by atoms with Crippen molar-refractivity contribution in [3.05, 3.63) is 110 Å². The largest absolute Gasteiger partial charge is 0.496 e. The number of aromatic nitrogens is 2. The standard InChI is InChI=1S/C31H28N4O5/c1-18(2)24-16-25(20(4)14-29(24)39-5)30-33-26-9-7-6-8-23(26)31(36)34(30)32-17-22-12-13-28(40-22)21-11-10-19(3)27(15-21)35(37)38/h6-18H,1-5H3. The Balaban J connectivity index is 1.63. The van der Waals surface area contributed by atoms with Gasteiger partial charge in [0.05, 0.1) is 29.2 Å². The molecule has 5 aromatic rings. The summed E-state index contributed by atoms with van der Waals surface area (Å²) >= 11 is 0. The van der Waals surface area contributed by atoms with Crippen LogP contribution in [0.4, 0.5) is 5.69 Å². The fraction of sp³-hybridized carbons (Fsp3) is 0.194. The summed E-state index contributed by atoms with van der Waals surface area (Å²) in [6, 6.07) is 19.4. The van der Waals surface area contributed by atoms with E-state index in [1.165, 1.54) is 17.0 Å². The molecule has 9 nitrogen and oxygen atoms in total. The Morgan fingerprint density at radius 2 is 1.82 bits per heavy atom. The van der Waals surface area contributed by atoms with Gasteiger partial charge in [-0.2, -0.15) is 9.78 Å². The van der Waals surface area contributed by atoms with Crippen LogP contribution in [0.25, 0.3) is 33.6 Å². The predicted octanol–water partition coefficient (Wildman–Crippen LogP) is 6.86. The number of methoxy groups -OCH3 is 1. The van der Waals surface area contributed by atoms with E-state index in [2.05, 4.69) is 18.9 Å². The normalized spacial score (nSPS) is 11.6. The molecule has 0 bridgehead atoms. The van der Waals surface area contributed by atoms with E-state index < -0.39 is 4.92 Å². The molecule has 0 atom stereocenters. The van der Waals surface area contributed by atoms with E-state index >= 15 is 0 Å². The number of benzene rings is 3. The monoisotopic (exact) mass is 536 g/mol. The van der Waals surface area contributed by atoms with Crippen LogP contribution < -0.4 is 10.3 Å². The van der Waals surface area contributed by atoms with Gasteiger partial charge in [-0.3, -0.25) is 14.9 Å². The first-order chi connectivity index (χ1) is 19.2. The summed E-state index contributed by atoms with van der Waals surface area (Å²) in [6.07, 6.45) is 1.44. The van der Waals surface area contributed by atoms with Crippen LogP contribution in [0.3, 0.4) is 0 Å². The van der Waals surface area contributed by atoms with Crippen LogP contribution in [0.1, 0.15) is 42.2 Å². The predicted molar refractivity (Wildman–Crippen MR) is 155 cm³/mol. The Morgan fingerprint density at radius 3 is 2.55 bits per heavy atom. The number of furan rings is 1. The molecule has 0 aliphatic rings. The summed E-state index contributed by atoms with van der Waals surface area (Å²) in [5.74, 6) is 2.16. The molecule has 0 spiro atoms. The van der Waals surface area contributed by atoms with Crippen molar-refractivity contribution in [3.8, 4) is 28.5 Å². The Bertz CT molecular complexity index is 1850. The molecule has 0 saturated heterocycles. The first kappa shape index (κ1) is 26.6. The van der Waals surface area contributed by atoms with Crippen molar-refractivity contribution in [3.63, 3.8) is 0 Å².